The number of hydrogen-bond acceptors (Lipinski definition) is 7. The van der Waals surface area contributed by atoms with Crippen LogP contribution in [0.4, 0.5) is 0 Å². The Morgan fingerprint density at radius 1 is 1.15 bits per heavy atom. The molecule has 3 aromatic rings. The van der Waals surface area contributed by atoms with Gasteiger partial charge in [-0.2, -0.15) is 0 Å². The number of nitrogens with zero attached hydrogens (tertiary/aromatic N) is 3. The van der Waals surface area contributed by atoms with Gasteiger partial charge in [0.15, 0.2) is 11.0 Å². The maximum Gasteiger partial charge on any atom is 0.342 e. The predicted molar refractivity (Wildman–Crippen MR) is 128 cm³/mol. The van der Waals surface area contributed by atoms with Crippen molar-refractivity contribution in [2.45, 2.75) is 18.6 Å². The zero-order valence-corrected chi connectivity index (χ0v) is 19.5. The molecule has 1 heterocycles. The van der Waals surface area contributed by atoms with Gasteiger partial charge in [0.25, 0.3) is 0 Å². The standard InChI is InChI=1S/C24H25N3O5S/c1-5-11-32-20-10-8-7-9-16(20)14-21(23(28)29)33-24-26-25-22(27(24)6-2)17-12-18(30-3)15-19(13-17)31-4/h5,7-10,12-15H,1,6,11H2,2-4H3,(H,28,29)/b21-14-. The Balaban J connectivity index is 1.99. The average molecular weight is 468 g/mol. The molecule has 0 fully saturated rings. The van der Waals surface area contributed by atoms with Crippen LogP contribution in [0.15, 0.2) is 65.2 Å². The van der Waals surface area contributed by atoms with Gasteiger partial charge in [0.1, 0.15) is 28.8 Å². The van der Waals surface area contributed by atoms with Crippen LogP contribution in [0.1, 0.15) is 12.5 Å². The molecule has 1 N–H and O–H groups in total. The number of thioether (sulfide) groups is 1. The molecular formula is C24H25N3O5S. The molecule has 0 amide bonds. The van der Waals surface area contributed by atoms with Crippen LogP contribution in [-0.4, -0.2) is 46.7 Å². The van der Waals surface area contributed by atoms with Crippen LogP contribution in [0, 0.1) is 0 Å². The van der Waals surface area contributed by atoms with Gasteiger partial charge in [-0.25, -0.2) is 4.79 Å². The van der Waals surface area contributed by atoms with Gasteiger partial charge in [-0.15, -0.1) is 10.2 Å². The summed E-state index contributed by atoms with van der Waals surface area (Å²) in [5.74, 6) is 1.31. The van der Waals surface area contributed by atoms with E-state index in [0.29, 0.717) is 46.9 Å². The summed E-state index contributed by atoms with van der Waals surface area (Å²) in [6.07, 6.45) is 3.19. The molecule has 0 saturated heterocycles. The van der Waals surface area contributed by atoms with E-state index in [1.807, 2.05) is 35.8 Å². The second-order valence-electron chi connectivity index (χ2n) is 6.71. The van der Waals surface area contributed by atoms with Crippen molar-refractivity contribution in [2.75, 3.05) is 20.8 Å². The maximum absolute atomic E-state index is 12.0. The van der Waals surface area contributed by atoms with Gasteiger partial charge in [0, 0.05) is 23.7 Å². The summed E-state index contributed by atoms with van der Waals surface area (Å²) in [6, 6.07) is 12.6. The van der Waals surface area contributed by atoms with E-state index in [1.165, 1.54) is 0 Å². The van der Waals surface area contributed by atoms with Crippen LogP contribution in [-0.2, 0) is 11.3 Å². The number of hydrogen-bond donors (Lipinski definition) is 1. The SMILES string of the molecule is C=CCOc1ccccc1/C=C(\Sc1nnc(-c2cc(OC)cc(OC)c2)n1CC)C(=O)O. The molecule has 0 aliphatic heterocycles. The smallest absolute Gasteiger partial charge is 0.342 e. The predicted octanol–water partition coefficient (Wildman–Crippen LogP) is 4.76. The Hall–Kier alpha value is -3.72. The molecule has 0 saturated carbocycles. The molecular weight excluding hydrogens is 442 g/mol. The summed E-state index contributed by atoms with van der Waals surface area (Å²) in [6.45, 7) is 6.44. The van der Waals surface area contributed by atoms with Crippen molar-refractivity contribution in [1.29, 1.82) is 0 Å². The summed E-state index contributed by atoms with van der Waals surface area (Å²) in [7, 11) is 3.15. The molecule has 0 radical (unpaired) electrons. The molecule has 3 rings (SSSR count). The topological polar surface area (TPSA) is 95.7 Å². The molecule has 8 nitrogen and oxygen atoms in total. The van der Waals surface area contributed by atoms with Crippen molar-refractivity contribution >= 4 is 23.8 Å². The van der Waals surface area contributed by atoms with Crippen LogP contribution in [0.3, 0.4) is 0 Å². The summed E-state index contributed by atoms with van der Waals surface area (Å²) in [4.78, 5) is 12.1. The lowest BCUT2D eigenvalue weighted by atomic mass is 10.2. The van der Waals surface area contributed by atoms with E-state index >= 15 is 0 Å². The van der Waals surface area contributed by atoms with E-state index in [4.69, 9.17) is 14.2 Å². The molecule has 0 spiro atoms. The van der Waals surface area contributed by atoms with E-state index in [9.17, 15) is 9.90 Å². The van der Waals surface area contributed by atoms with Gasteiger partial charge in [-0.1, -0.05) is 30.9 Å². The Morgan fingerprint density at radius 3 is 2.45 bits per heavy atom. The minimum absolute atomic E-state index is 0.0847. The maximum atomic E-state index is 12.0. The van der Waals surface area contributed by atoms with Crippen molar-refractivity contribution < 1.29 is 24.1 Å². The molecule has 33 heavy (non-hydrogen) atoms. The van der Waals surface area contributed by atoms with Gasteiger partial charge in [0.2, 0.25) is 0 Å². The summed E-state index contributed by atoms with van der Waals surface area (Å²) in [5, 5.41) is 18.9. The van der Waals surface area contributed by atoms with Crippen LogP contribution in [0.25, 0.3) is 17.5 Å². The van der Waals surface area contributed by atoms with Crippen LogP contribution < -0.4 is 14.2 Å². The fourth-order valence-electron chi connectivity index (χ4n) is 3.05. The summed E-state index contributed by atoms with van der Waals surface area (Å²) >= 11 is 1.02. The molecule has 9 heteroatoms. The number of benzene rings is 2. The molecule has 0 aliphatic carbocycles. The number of carboxylic acids is 1. The summed E-state index contributed by atoms with van der Waals surface area (Å²) in [5.41, 5.74) is 1.39. The summed E-state index contributed by atoms with van der Waals surface area (Å²) < 4.78 is 18.2. The van der Waals surface area contributed by atoms with Gasteiger partial charge in [0.05, 0.1) is 14.2 Å². The Kier molecular flexibility index (Phi) is 8.15. The Morgan fingerprint density at radius 2 is 1.85 bits per heavy atom. The van der Waals surface area contributed by atoms with Gasteiger partial charge < -0.3 is 23.9 Å². The first-order chi connectivity index (χ1) is 16.0. The second kappa shape index (κ2) is 11.2. The van der Waals surface area contributed by atoms with Crippen LogP contribution in [0.5, 0.6) is 17.2 Å². The lowest BCUT2D eigenvalue weighted by Crippen LogP contribution is -2.03. The minimum atomic E-state index is -1.08. The number of rotatable bonds is 11. The highest BCUT2D eigenvalue weighted by molar-refractivity contribution is 8.04. The van der Waals surface area contributed by atoms with Crippen LogP contribution >= 0.6 is 11.8 Å². The molecule has 2 aromatic carbocycles. The third kappa shape index (κ3) is 5.75. The number of para-hydroxylation sites is 1. The fraction of sp³-hybridized carbons (Fsp3) is 0.208. The van der Waals surface area contributed by atoms with Gasteiger partial charge in [-0.3, -0.25) is 0 Å². The molecule has 0 aliphatic rings. The first kappa shape index (κ1) is 23.9. The van der Waals surface area contributed by atoms with Crippen LogP contribution in [0.2, 0.25) is 0 Å². The first-order valence-corrected chi connectivity index (χ1v) is 10.9. The zero-order chi connectivity index (χ0) is 23.8. The van der Waals surface area contributed by atoms with E-state index in [-0.39, 0.29) is 4.91 Å². The third-order valence-electron chi connectivity index (χ3n) is 4.62. The first-order valence-electron chi connectivity index (χ1n) is 10.1. The normalized spacial score (nSPS) is 11.2. The highest BCUT2D eigenvalue weighted by Gasteiger charge is 2.19. The van der Waals surface area contributed by atoms with Gasteiger partial charge >= 0.3 is 5.97 Å². The van der Waals surface area contributed by atoms with Crippen molar-refractivity contribution in [2.24, 2.45) is 0 Å². The number of methoxy groups -OCH3 is 2. The third-order valence-corrected chi connectivity index (χ3v) is 5.61. The van der Waals surface area contributed by atoms with Crippen molar-refractivity contribution in [3.05, 3.63) is 65.6 Å². The van der Waals surface area contributed by atoms with Crippen molar-refractivity contribution in [1.82, 2.24) is 14.8 Å². The average Bonchev–Trinajstić information content (AvgIpc) is 3.25. The lowest BCUT2D eigenvalue weighted by molar-refractivity contribution is -0.131. The minimum Gasteiger partial charge on any atom is -0.497 e. The number of carboxylic acid groups (broad SMARTS) is 1. The zero-order valence-electron chi connectivity index (χ0n) is 18.6. The Bertz CT molecular complexity index is 1150. The van der Waals surface area contributed by atoms with E-state index in [1.54, 1.807) is 44.6 Å². The Labute approximate surface area is 196 Å². The molecule has 0 atom stereocenters. The van der Waals surface area contributed by atoms with Crippen molar-refractivity contribution in [3.8, 4) is 28.6 Å². The van der Waals surface area contributed by atoms with E-state index < -0.39 is 5.97 Å². The largest absolute Gasteiger partial charge is 0.497 e. The number of carbonyl (C=O) groups is 1. The lowest BCUT2D eigenvalue weighted by Gasteiger charge is -2.11. The highest BCUT2D eigenvalue weighted by atomic mass is 32.2. The quantitative estimate of drug-likeness (QED) is 0.245. The molecule has 0 bridgehead atoms. The monoisotopic (exact) mass is 467 g/mol. The fourth-order valence-corrected chi connectivity index (χ4v) is 3.93. The highest BCUT2D eigenvalue weighted by Crippen LogP contribution is 2.34. The van der Waals surface area contributed by atoms with Crippen molar-refractivity contribution in [3.63, 3.8) is 0 Å². The van der Waals surface area contributed by atoms with E-state index in [2.05, 4.69) is 16.8 Å². The molecule has 0 unspecified atom stereocenters. The van der Waals surface area contributed by atoms with Gasteiger partial charge in [-0.05, 0) is 43.0 Å². The molecule has 1 aromatic heterocycles. The van der Waals surface area contributed by atoms with E-state index in [0.717, 1.165) is 17.3 Å². The number of aromatic nitrogens is 3. The molecule has 172 valence electrons. The number of ether oxygens (including phenoxy) is 3. The number of aliphatic carboxylic acids is 1. The second-order valence-corrected chi connectivity index (χ2v) is 7.71.